The maximum atomic E-state index is 13.1. The fourth-order valence-corrected chi connectivity index (χ4v) is 4.17. The Hall–Kier alpha value is -3.66. The second kappa shape index (κ2) is 7.55. The number of carbonyl (C=O) groups is 2. The number of rotatable bonds is 4. The Morgan fingerprint density at radius 1 is 1.10 bits per heavy atom. The first-order chi connectivity index (χ1) is 14.6. The summed E-state index contributed by atoms with van der Waals surface area (Å²) in [5, 5.41) is 7.70. The first kappa shape index (κ1) is 20.6. The molecule has 0 bridgehead atoms. The summed E-state index contributed by atoms with van der Waals surface area (Å²) in [4.78, 5) is 24.9. The van der Waals surface area contributed by atoms with Crippen LogP contribution in [0.1, 0.15) is 31.3 Å². The van der Waals surface area contributed by atoms with E-state index in [-0.39, 0.29) is 11.3 Å². The van der Waals surface area contributed by atoms with Crippen molar-refractivity contribution in [2.45, 2.75) is 13.1 Å². The molecule has 0 atom stereocenters. The van der Waals surface area contributed by atoms with Gasteiger partial charge >= 0.3 is 6.18 Å². The predicted octanol–water partition coefficient (Wildman–Crippen LogP) is 4.77. The number of fused-ring (bicyclic) bond motifs is 1. The van der Waals surface area contributed by atoms with Crippen LogP contribution >= 0.6 is 11.3 Å². The van der Waals surface area contributed by atoms with Crippen LogP contribution in [0.25, 0.3) is 15.9 Å². The Kier molecular flexibility index (Phi) is 5.02. The number of benzene rings is 2. The molecule has 6 nitrogen and oxygen atoms in total. The number of primary amides is 1. The van der Waals surface area contributed by atoms with Crippen LogP contribution in [0.5, 0.6) is 0 Å². The van der Waals surface area contributed by atoms with Crippen molar-refractivity contribution in [2.24, 2.45) is 5.73 Å². The van der Waals surface area contributed by atoms with Crippen molar-refractivity contribution < 1.29 is 22.8 Å². The first-order valence-electron chi connectivity index (χ1n) is 9.01. The number of hydrogen-bond acceptors (Lipinski definition) is 4. The van der Waals surface area contributed by atoms with Crippen LogP contribution in [-0.4, -0.2) is 21.6 Å². The van der Waals surface area contributed by atoms with Crippen LogP contribution in [0, 0.1) is 6.92 Å². The Bertz CT molecular complexity index is 1320. The van der Waals surface area contributed by atoms with E-state index in [0.717, 1.165) is 23.5 Å². The number of anilines is 1. The number of hydrogen-bond donors (Lipinski definition) is 2. The van der Waals surface area contributed by atoms with Crippen LogP contribution in [0.3, 0.4) is 0 Å². The number of nitrogens with one attached hydrogen (secondary N) is 1. The van der Waals surface area contributed by atoms with Crippen molar-refractivity contribution in [1.29, 1.82) is 0 Å². The Morgan fingerprint density at radius 3 is 2.55 bits per heavy atom. The van der Waals surface area contributed by atoms with Crippen molar-refractivity contribution in [2.75, 3.05) is 5.32 Å². The number of nitrogens with zero attached hydrogens (tertiary/aromatic N) is 2. The molecule has 2 amide bonds. The lowest BCUT2D eigenvalue weighted by atomic mass is 10.2. The van der Waals surface area contributed by atoms with E-state index >= 15 is 0 Å². The third-order valence-corrected chi connectivity index (χ3v) is 5.70. The van der Waals surface area contributed by atoms with Gasteiger partial charge in [-0.2, -0.15) is 18.3 Å². The third-order valence-electron chi connectivity index (χ3n) is 4.59. The van der Waals surface area contributed by atoms with Gasteiger partial charge in [0.1, 0.15) is 4.83 Å². The highest BCUT2D eigenvalue weighted by Gasteiger charge is 2.31. The molecule has 0 saturated carbocycles. The Morgan fingerprint density at radius 2 is 1.84 bits per heavy atom. The number of amides is 2. The Balaban J connectivity index is 1.69. The lowest BCUT2D eigenvalue weighted by molar-refractivity contribution is -0.137. The molecule has 2 aromatic heterocycles. The summed E-state index contributed by atoms with van der Waals surface area (Å²) < 4.78 is 40.7. The van der Waals surface area contributed by atoms with Gasteiger partial charge in [0.15, 0.2) is 0 Å². The maximum Gasteiger partial charge on any atom is 0.416 e. The third kappa shape index (κ3) is 4.02. The largest absolute Gasteiger partial charge is 0.416 e. The van der Waals surface area contributed by atoms with E-state index in [0.29, 0.717) is 26.5 Å². The van der Waals surface area contributed by atoms with E-state index in [9.17, 15) is 22.8 Å². The number of aromatic nitrogens is 2. The van der Waals surface area contributed by atoms with E-state index in [2.05, 4.69) is 10.4 Å². The number of thiophene rings is 1. The summed E-state index contributed by atoms with van der Waals surface area (Å²) in [6.07, 6.45) is -4.47. The van der Waals surface area contributed by atoms with Gasteiger partial charge in [-0.1, -0.05) is 12.1 Å². The molecule has 0 aliphatic rings. The molecule has 31 heavy (non-hydrogen) atoms. The van der Waals surface area contributed by atoms with Gasteiger partial charge in [-0.3, -0.25) is 9.59 Å². The van der Waals surface area contributed by atoms with Crippen LogP contribution in [0.2, 0.25) is 0 Å². The minimum absolute atomic E-state index is 0.246. The average Bonchev–Trinajstić information content (AvgIpc) is 3.28. The van der Waals surface area contributed by atoms with Gasteiger partial charge in [0.2, 0.25) is 5.91 Å². The lowest BCUT2D eigenvalue weighted by Crippen LogP contribution is -2.13. The summed E-state index contributed by atoms with van der Waals surface area (Å²) in [5.41, 5.74) is 5.96. The second-order valence-electron chi connectivity index (χ2n) is 6.77. The van der Waals surface area contributed by atoms with E-state index in [1.807, 2.05) is 0 Å². The molecule has 10 heteroatoms. The van der Waals surface area contributed by atoms with Gasteiger partial charge in [-0.15, -0.1) is 11.3 Å². The van der Waals surface area contributed by atoms with Crippen molar-refractivity contribution in [1.82, 2.24) is 9.78 Å². The smallest absolute Gasteiger partial charge is 0.366 e. The quantitative estimate of drug-likeness (QED) is 0.475. The van der Waals surface area contributed by atoms with E-state index in [1.54, 1.807) is 25.1 Å². The normalized spacial score (nSPS) is 11.6. The lowest BCUT2D eigenvalue weighted by Gasteiger charge is -2.09. The van der Waals surface area contributed by atoms with E-state index < -0.39 is 23.6 Å². The second-order valence-corrected chi connectivity index (χ2v) is 7.80. The molecule has 158 valence electrons. The topological polar surface area (TPSA) is 90.0 Å². The van der Waals surface area contributed by atoms with Crippen LogP contribution in [0.4, 0.5) is 18.9 Å². The fraction of sp³-hybridized carbons (Fsp3) is 0.0952. The maximum absolute atomic E-state index is 13.1. The number of halogens is 3. The van der Waals surface area contributed by atoms with E-state index in [1.165, 1.54) is 28.9 Å². The minimum Gasteiger partial charge on any atom is -0.366 e. The molecule has 2 heterocycles. The summed E-state index contributed by atoms with van der Waals surface area (Å²) in [6.45, 7) is 1.72. The molecule has 4 aromatic rings. The molecule has 0 aliphatic heterocycles. The predicted molar refractivity (Wildman–Crippen MR) is 112 cm³/mol. The molecule has 4 rings (SSSR count). The van der Waals surface area contributed by atoms with Crippen molar-refractivity contribution >= 4 is 39.1 Å². The van der Waals surface area contributed by atoms with Crippen LogP contribution in [0.15, 0.2) is 54.6 Å². The summed E-state index contributed by atoms with van der Waals surface area (Å²) in [6, 6.07) is 12.7. The highest BCUT2D eigenvalue weighted by Crippen LogP contribution is 2.34. The van der Waals surface area contributed by atoms with Gasteiger partial charge in [0, 0.05) is 16.6 Å². The Labute approximate surface area is 178 Å². The number of nitrogens with two attached hydrogens (primary N) is 1. The fourth-order valence-electron chi connectivity index (χ4n) is 3.09. The summed E-state index contributed by atoms with van der Waals surface area (Å²) in [5.74, 6) is -1.03. The molecule has 0 spiro atoms. The monoisotopic (exact) mass is 444 g/mol. The molecule has 3 N–H and O–H groups in total. The van der Waals surface area contributed by atoms with Crippen molar-refractivity contribution in [3.8, 4) is 5.69 Å². The molecule has 0 radical (unpaired) electrons. The molecule has 2 aromatic carbocycles. The van der Waals surface area contributed by atoms with Gasteiger partial charge in [0.05, 0.1) is 21.8 Å². The number of aryl methyl sites for hydroxylation is 1. The highest BCUT2D eigenvalue weighted by molar-refractivity contribution is 7.20. The zero-order chi connectivity index (χ0) is 22.3. The van der Waals surface area contributed by atoms with Gasteiger partial charge in [-0.25, -0.2) is 4.68 Å². The molecule has 0 aliphatic carbocycles. The van der Waals surface area contributed by atoms with Gasteiger partial charge in [0.25, 0.3) is 5.91 Å². The van der Waals surface area contributed by atoms with Gasteiger partial charge < -0.3 is 11.1 Å². The van der Waals surface area contributed by atoms with Crippen molar-refractivity contribution in [3.05, 3.63) is 76.3 Å². The van der Waals surface area contributed by atoms with Crippen molar-refractivity contribution in [3.63, 3.8) is 0 Å². The van der Waals surface area contributed by atoms with Crippen LogP contribution in [-0.2, 0) is 6.18 Å². The molecule has 0 unspecified atom stereocenters. The van der Waals surface area contributed by atoms with E-state index in [4.69, 9.17) is 5.73 Å². The molecular formula is C21H15F3N4O2S. The number of alkyl halides is 3. The minimum atomic E-state index is -4.47. The molecular weight excluding hydrogens is 429 g/mol. The number of carbonyl (C=O) groups excluding carboxylic acids is 2. The zero-order valence-corrected chi connectivity index (χ0v) is 16.8. The zero-order valence-electron chi connectivity index (χ0n) is 16.0. The summed E-state index contributed by atoms with van der Waals surface area (Å²) >= 11 is 1.11. The standard InChI is InChI=1S/C21H15F3N4O2S/c1-11-16-10-17(19(30)26-14-6-2-4-12(8-14)18(25)29)31-20(16)28(27-11)15-7-3-5-13(9-15)21(22,23)24/h2-10H,1H3,(H2,25,29)(H,26,30). The first-order valence-corrected chi connectivity index (χ1v) is 9.83. The highest BCUT2D eigenvalue weighted by atomic mass is 32.1. The summed E-state index contributed by atoms with van der Waals surface area (Å²) in [7, 11) is 0. The molecule has 0 saturated heterocycles. The average molecular weight is 444 g/mol. The molecule has 0 fully saturated rings. The van der Waals surface area contributed by atoms with Crippen LogP contribution < -0.4 is 11.1 Å². The van der Waals surface area contributed by atoms with Gasteiger partial charge in [-0.05, 0) is 49.4 Å². The SMILES string of the molecule is Cc1nn(-c2cccc(C(F)(F)F)c2)c2sc(C(=O)Nc3cccc(C(N)=O)c3)cc12.